The number of benzene rings is 3. The van der Waals surface area contributed by atoms with Crippen LogP contribution in [0.15, 0.2) is 72.8 Å². The van der Waals surface area contributed by atoms with E-state index in [2.05, 4.69) is 58.2 Å². The molecule has 0 aliphatic heterocycles. The zero-order valence-electron chi connectivity index (χ0n) is 20.3. The molecule has 178 valence electrons. The first kappa shape index (κ1) is 22.8. The van der Waals surface area contributed by atoms with Crippen molar-refractivity contribution in [1.82, 2.24) is 24.5 Å². The molecule has 5 rings (SSSR count). The van der Waals surface area contributed by atoms with Crippen molar-refractivity contribution in [1.29, 1.82) is 0 Å². The Labute approximate surface area is 204 Å². The van der Waals surface area contributed by atoms with Crippen LogP contribution in [0.25, 0.3) is 38.8 Å². The Morgan fingerprint density at radius 2 is 1.69 bits per heavy atom. The lowest BCUT2D eigenvalue weighted by Crippen LogP contribution is -2.34. The number of amides is 1. The van der Waals surface area contributed by atoms with Gasteiger partial charge in [0.05, 0.1) is 12.3 Å². The predicted octanol–water partition coefficient (Wildman–Crippen LogP) is 5.17. The summed E-state index contributed by atoms with van der Waals surface area (Å²) in [6.45, 7) is 6.52. The highest BCUT2D eigenvalue weighted by Gasteiger charge is 2.26. The number of fused-ring (bicyclic) bond motifs is 3. The lowest BCUT2D eigenvalue weighted by molar-refractivity contribution is 0.0701. The molecule has 0 fully saturated rings. The minimum absolute atomic E-state index is 0.154. The maximum Gasteiger partial charge on any atom is 0.276 e. The molecule has 5 aromatic rings. The van der Waals surface area contributed by atoms with E-state index in [0.29, 0.717) is 31.1 Å². The van der Waals surface area contributed by atoms with Gasteiger partial charge in [-0.25, -0.2) is 4.68 Å². The highest BCUT2D eigenvalue weighted by atomic mass is 16.5. The largest absolute Gasteiger partial charge is 0.383 e. The molecular weight excluding hydrogens is 438 g/mol. The van der Waals surface area contributed by atoms with Crippen LogP contribution < -0.4 is 0 Å². The smallest absolute Gasteiger partial charge is 0.276 e. The maximum atomic E-state index is 13.5. The number of rotatable bonds is 8. The van der Waals surface area contributed by atoms with Crippen molar-refractivity contribution < 1.29 is 9.53 Å². The molecule has 2 heterocycles. The van der Waals surface area contributed by atoms with Crippen LogP contribution in [-0.4, -0.2) is 57.2 Å². The summed E-state index contributed by atoms with van der Waals surface area (Å²) in [4.78, 5) is 15.2. The lowest BCUT2D eigenvalue weighted by Gasteiger charge is -2.20. The quantitative estimate of drug-likeness (QED) is 0.316. The lowest BCUT2D eigenvalue weighted by atomic mass is 10.1. The van der Waals surface area contributed by atoms with Crippen molar-refractivity contribution >= 4 is 27.7 Å². The van der Waals surface area contributed by atoms with E-state index < -0.39 is 0 Å². The van der Waals surface area contributed by atoms with Gasteiger partial charge in [0.25, 0.3) is 5.91 Å². The van der Waals surface area contributed by atoms with Crippen LogP contribution in [0.1, 0.15) is 24.3 Å². The van der Waals surface area contributed by atoms with E-state index in [4.69, 9.17) is 4.74 Å². The monoisotopic (exact) mass is 467 g/mol. The SMILES string of the molecule is CCN(CCOC)C(=O)c1nnn(-c2ccc3c(c2)c2ccccc2n3CC)c1-c1ccccc1. The van der Waals surface area contributed by atoms with Crippen LogP contribution in [0.4, 0.5) is 0 Å². The number of hydrogen-bond donors (Lipinski definition) is 0. The van der Waals surface area contributed by atoms with Crippen molar-refractivity contribution in [3.05, 3.63) is 78.5 Å². The third-order valence-corrected chi connectivity index (χ3v) is 6.47. The maximum absolute atomic E-state index is 13.5. The summed E-state index contributed by atoms with van der Waals surface area (Å²) in [5.74, 6) is -0.154. The van der Waals surface area contributed by atoms with Crippen molar-refractivity contribution in [3.8, 4) is 16.9 Å². The molecule has 0 radical (unpaired) electrons. The molecule has 0 saturated heterocycles. The summed E-state index contributed by atoms with van der Waals surface area (Å²) >= 11 is 0. The second-order valence-electron chi connectivity index (χ2n) is 8.40. The Bertz CT molecular complexity index is 1490. The molecule has 1 amide bonds. The molecule has 0 spiro atoms. The van der Waals surface area contributed by atoms with Crippen LogP contribution in [0.5, 0.6) is 0 Å². The highest BCUT2D eigenvalue weighted by Crippen LogP contribution is 2.32. The number of aryl methyl sites for hydroxylation is 1. The average molecular weight is 468 g/mol. The second-order valence-corrected chi connectivity index (χ2v) is 8.40. The van der Waals surface area contributed by atoms with Gasteiger partial charge in [-0.05, 0) is 38.1 Å². The normalized spacial score (nSPS) is 11.4. The molecule has 3 aromatic carbocycles. The summed E-state index contributed by atoms with van der Waals surface area (Å²) < 4.78 is 9.30. The summed E-state index contributed by atoms with van der Waals surface area (Å²) in [6, 6.07) is 24.6. The van der Waals surface area contributed by atoms with Crippen LogP contribution in [0, 0.1) is 0 Å². The van der Waals surface area contributed by atoms with E-state index >= 15 is 0 Å². The molecule has 7 heteroatoms. The molecule has 0 atom stereocenters. The zero-order chi connectivity index (χ0) is 24.4. The van der Waals surface area contributed by atoms with E-state index in [1.807, 2.05) is 43.3 Å². The van der Waals surface area contributed by atoms with E-state index in [0.717, 1.165) is 23.2 Å². The van der Waals surface area contributed by atoms with Crippen molar-refractivity contribution in [2.24, 2.45) is 0 Å². The first-order valence-corrected chi connectivity index (χ1v) is 12.0. The Kier molecular flexibility index (Phi) is 6.33. The Balaban J connectivity index is 1.69. The predicted molar refractivity (Wildman–Crippen MR) is 139 cm³/mol. The van der Waals surface area contributed by atoms with Crippen molar-refractivity contribution in [2.45, 2.75) is 20.4 Å². The van der Waals surface area contributed by atoms with Crippen LogP contribution in [0.3, 0.4) is 0 Å². The van der Waals surface area contributed by atoms with Gasteiger partial charge in [-0.3, -0.25) is 4.79 Å². The molecular formula is C28H29N5O2. The fourth-order valence-electron chi connectivity index (χ4n) is 4.73. The van der Waals surface area contributed by atoms with Gasteiger partial charge in [-0.15, -0.1) is 5.10 Å². The summed E-state index contributed by atoms with van der Waals surface area (Å²) in [6.07, 6.45) is 0. The third kappa shape index (κ3) is 3.98. The average Bonchev–Trinajstić information content (AvgIpc) is 3.48. The number of hydrogen-bond acceptors (Lipinski definition) is 4. The molecule has 35 heavy (non-hydrogen) atoms. The molecule has 7 nitrogen and oxygen atoms in total. The van der Waals surface area contributed by atoms with Gasteiger partial charge in [0.1, 0.15) is 5.69 Å². The molecule has 2 aromatic heterocycles. The van der Waals surface area contributed by atoms with E-state index in [1.54, 1.807) is 16.7 Å². The van der Waals surface area contributed by atoms with Gasteiger partial charge in [-0.2, -0.15) is 0 Å². The first-order chi connectivity index (χ1) is 17.2. The van der Waals surface area contributed by atoms with Crippen LogP contribution >= 0.6 is 0 Å². The Morgan fingerprint density at radius 3 is 2.43 bits per heavy atom. The van der Waals surface area contributed by atoms with Crippen molar-refractivity contribution in [3.63, 3.8) is 0 Å². The number of carbonyl (C=O) groups excluding carboxylic acids is 1. The fraction of sp³-hybridized carbons (Fsp3) is 0.250. The number of likely N-dealkylation sites (N-methyl/N-ethyl adjacent to an activating group) is 1. The first-order valence-electron chi connectivity index (χ1n) is 12.0. The second kappa shape index (κ2) is 9.72. The summed E-state index contributed by atoms with van der Waals surface area (Å²) in [5.41, 5.74) is 5.15. The number of aromatic nitrogens is 4. The number of ether oxygens (including phenoxy) is 1. The molecule has 0 saturated carbocycles. The molecule has 0 aliphatic carbocycles. The van der Waals surface area contributed by atoms with Gasteiger partial charge >= 0.3 is 0 Å². The Morgan fingerprint density at radius 1 is 0.943 bits per heavy atom. The van der Waals surface area contributed by atoms with Gasteiger partial charge in [0, 0.05) is 54.1 Å². The van der Waals surface area contributed by atoms with Gasteiger partial charge in [-0.1, -0.05) is 53.7 Å². The van der Waals surface area contributed by atoms with Crippen molar-refractivity contribution in [2.75, 3.05) is 26.8 Å². The molecule has 0 bridgehead atoms. The number of methoxy groups -OCH3 is 1. The topological polar surface area (TPSA) is 65.2 Å². The fourth-order valence-corrected chi connectivity index (χ4v) is 4.73. The zero-order valence-corrected chi connectivity index (χ0v) is 20.3. The van der Waals surface area contributed by atoms with Gasteiger partial charge < -0.3 is 14.2 Å². The number of carbonyl (C=O) groups is 1. The number of para-hydroxylation sites is 1. The van der Waals surface area contributed by atoms with Crippen LogP contribution in [0.2, 0.25) is 0 Å². The number of nitrogens with zero attached hydrogens (tertiary/aromatic N) is 5. The van der Waals surface area contributed by atoms with Crippen LogP contribution in [-0.2, 0) is 11.3 Å². The Hall–Kier alpha value is -3.97. The molecule has 0 unspecified atom stereocenters. The minimum atomic E-state index is -0.154. The highest BCUT2D eigenvalue weighted by molar-refractivity contribution is 6.08. The minimum Gasteiger partial charge on any atom is -0.383 e. The summed E-state index contributed by atoms with van der Waals surface area (Å²) in [7, 11) is 1.63. The van der Waals surface area contributed by atoms with E-state index in [-0.39, 0.29) is 5.91 Å². The van der Waals surface area contributed by atoms with Gasteiger partial charge in [0.15, 0.2) is 5.69 Å². The van der Waals surface area contributed by atoms with E-state index in [9.17, 15) is 4.79 Å². The standard InChI is InChI=1S/C28H29N5O2/c1-4-31(17-18-35-3)28(34)26-27(20-11-7-6-8-12-20)33(30-29-26)21-15-16-25-23(19-21)22-13-9-10-14-24(22)32(25)5-2/h6-16,19H,4-5,17-18H2,1-3H3. The van der Waals surface area contributed by atoms with E-state index in [1.165, 1.54) is 16.4 Å². The summed E-state index contributed by atoms with van der Waals surface area (Å²) in [5, 5.41) is 11.2. The van der Waals surface area contributed by atoms with Gasteiger partial charge in [0.2, 0.25) is 0 Å². The molecule has 0 aliphatic rings. The molecule has 0 N–H and O–H groups in total. The third-order valence-electron chi connectivity index (χ3n) is 6.47.